The summed E-state index contributed by atoms with van der Waals surface area (Å²) in [6.07, 6.45) is 0.296. The second kappa shape index (κ2) is 10.00. The smallest absolute Gasteiger partial charge is 0.410 e. The van der Waals surface area contributed by atoms with Crippen LogP contribution in [-0.2, 0) is 4.74 Å². The number of carbonyl (C=O) groups is 2. The molecule has 1 heterocycles. The molecule has 0 saturated carbocycles. The average Bonchev–Trinajstić information content (AvgIpc) is 3.30. The molecule has 3 aromatic rings. The van der Waals surface area contributed by atoms with Crippen molar-refractivity contribution in [3.63, 3.8) is 0 Å². The molecule has 4 rings (SSSR count). The Balaban J connectivity index is 1.62. The summed E-state index contributed by atoms with van der Waals surface area (Å²) < 4.78 is 11.6. The van der Waals surface area contributed by atoms with Crippen LogP contribution in [-0.4, -0.2) is 41.6 Å². The highest BCUT2D eigenvalue weighted by molar-refractivity contribution is 6.08. The number of rotatable bonds is 5. The third kappa shape index (κ3) is 5.57. The van der Waals surface area contributed by atoms with E-state index in [-0.39, 0.29) is 18.0 Å². The fourth-order valence-electron chi connectivity index (χ4n) is 4.00. The van der Waals surface area contributed by atoms with Crippen LogP contribution in [0.4, 0.5) is 10.5 Å². The van der Waals surface area contributed by atoms with Crippen LogP contribution in [0.3, 0.4) is 0 Å². The van der Waals surface area contributed by atoms with Crippen molar-refractivity contribution in [2.75, 3.05) is 18.0 Å². The monoisotopic (exact) mass is 458 g/mol. The molecular formula is C28H30N2O4. The molecule has 6 nitrogen and oxygen atoms in total. The van der Waals surface area contributed by atoms with Gasteiger partial charge in [0.2, 0.25) is 0 Å². The molecule has 34 heavy (non-hydrogen) atoms. The van der Waals surface area contributed by atoms with Gasteiger partial charge in [0.25, 0.3) is 5.91 Å². The Bertz CT molecular complexity index is 1130. The number of hydrogen-bond acceptors (Lipinski definition) is 4. The fourth-order valence-corrected chi connectivity index (χ4v) is 4.00. The maximum Gasteiger partial charge on any atom is 0.410 e. The van der Waals surface area contributed by atoms with E-state index in [1.54, 1.807) is 21.9 Å². The van der Waals surface area contributed by atoms with Crippen molar-refractivity contribution in [2.24, 2.45) is 0 Å². The minimum absolute atomic E-state index is 0.172. The zero-order valence-electron chi connectivity index (χ0n) is 19.8. The summed E-state index contributed by atoms with van der Waals surface area (Å²) in [5, 5.41) is 0. The Morgan fingerprint density at radius 3 is 2.18 bits per heavy atom. The zero-order chi connectivity index (χ0) is 24.1. The molecule has 3 aromatic carbocycles. The van der Waals surface area contributed by atoms with E-state index in [1.165, 1.54) is 0 Å². The predicted molar refractivity (Wildman–Crippen MR) is 132 cm³/mol. The minimum Gasteiger partial charge on any atom is -0.457 e. The molecular weight excluding hydrogens is 428 g/mol. The molecule has 0 unspecified atom stereocenters. The van der Waals surface area contributed by atoms with E-state index in [2.05, 4.69) is 0 Å². The van der Waals surface area contributed by atoms with Gasteiger partial charge < -0.3 is 19.3 Å². The Labute approximate surface area is 200 Å². The number of ether oxygens (including phenoxy) is 2. The lowest BCUT2D eigenvalue weighted by Crippen LogP contribution is -2.43. The van der Waals surface area contributed by atoms with Gasteiger partial charge in [0.1, 0.15) is 17.1 Å². The van der Waals surface area contributed by atoms with Crippen molar-refractivity contribution in [2.45, 2.75) is 38.8 Å². The lowest BCUT2D eigenvalue weighted by Gasteiger charge is -2.30. The molecule has 0 aromatic heterocycles. The molecule has 0 radical (unpaired) electrons. The van der Waals surface area contributed by atoms with E-state index in [4.69, 9.17) is 9.47 Å². The normalized spacial score (nSPS) is 15.6. The summed E-state index contributed by atoms with van der Waals surface area (Å²) in [5.41, 5.74) is 0.668. The van der Waals surface area contributed by atoms with Crippen LogP contribution in [0.5, 0.6) is 11.5 Å². The topological polar surface area (TPSA) is 59.1 Å². The highest BCUT2D eigenvalue weighted by atomic mass is 16.6. The standard InChI is InChI=1S/C28H30N2O4/c1-28(2,3)34-27(32)29-19-18-22(20-29)30(21-12-6-4-7-13-21)26(31)24-16-10-11-17-25(24)33-23-14-8-5-9-15-23/h4-17,22H,18-20H2,1-3H3/t22-/m0/s1. The molecule has 6 heteroatoms. The summed E-state index contributed by atoms with van der Waals surface area (Å²) in [4.78, 5) is 30.1. The maximum absolute atomic E-state index is 14.0. The maximum atomic E-state index is 14.0. The molecule has 2 amide bonds. The van der Waals surface area contributed by atoms with Crippen molar-refractivity contribution >= 4 is 17.7 Å². The molecule has 176 valence electrons. The molecule has 1 aliphatic heterocycles. The quantitative estimate of drug-likeness (QED) is 0.461. The van der Waals surface area contributed by atoms with Gasteiger partial charge in [-0.2, -0.15) is 0 Å². The first kappa shape index (κ1) is 23.4. The van der Waals surface area contributed by atoms with Crippen LogP contribution in [0.25, 0.3) is 0 Å². The number of nitrogens with zero attached hydrogens (tertiary/aromatic N) is 2. The Hall–Kier alpha value is -3.80. The first-order valence-electron chi connectivity index (χ1n) is 11.5. The zero-order valence-corrected chi connectivity index (χ0v) is 19.8. The fraction of sp³-hybridized carbons (Fsp3) is 0.286. The number of amides is 2. The Morgan fingerprint density at radius 2 is 1.50 bits per heavy atom. The predicted octanol–water partition coefficient (Wildman–Crippen LogP) is 6.14. The number of hydrogen-bond donors (Lipinski definition) is 0. The van der Waals surface area contributed by atoms with Crippen molar-refractivity contribution in [1.29, 1.82) is 0 Å². The summed E-state index contributed by atoms with van der Waals surface area (Å²) in [6, 6.07) is 26.0. The average molecular weight is 459 g/mol. The SMILES string of the molecule is CC(C)(C)OC(=O)N1CC[C@H](N(C(=O)c2ccccc2Oc2ccccc2)c2ccccc2)C1. The molecule has 0 N–H and O–H groups in total. The van der Waals surface area contributed by atoms with Gasteiger partial charge in [0.15, 0.2) is 0 Å². The first-order chi connectivity index (χ1) is 16.3. The van der Waals surface area contributed by atoms with Gasteiger partial charge in [-0.25, -0.2) is 4.79 Å². The van der Waals surface area contributed by atoms with Crippen LogP contribution >= 0.6 is 0 Å². The lowest BCUT2D eigenvalue weighted by molar-refractivity contribution is 0.0291. The van der Waals surface area contributed by atoms with Gasteiger partial charge in [-0.05, 0) is 63.6 Å². The summed E-state index contributed by atoms with van der Waals surface area (Å²) in [7, 11) is 0. The molecule has 1 fully saturated rings. The van der Waals surface area contributed by atoms with Gasteiger partial charge in [0, 0.05) is 18.8 Å². The second-order valence-corrected chi connectivity index (χ2v) is 9.29. The number of anilines is 1. The van der Waals surface area contributed by atoms with E-state index in [0.29, 0.717) is 36.6 Å². The molecule has 1 saturated heterocycles. The van der Waals surface area contributed by atoms with Crippen molar-refractivity contribution in [3.8, 4) is 11.5 Å². The molecule has 0 aliphatic carbocycles. The molecule has 0 bridgehead atoms. The molecule has 1 atom stereocenters. The van der Waals surface area contributed by atoms with Crippen LogP contribution in [0, 0.1) is 0 Å². The van der Waals surface area contributed by atoms with Crippen molar-refractivity contribution in [1.82, 2.24) is 4.90 Å². The summed E-state index contributed by atoms with van der Waals surface area (Å²) in [6.45, 7) is 6.47. The second-order valence-electron chi connectivity index (χ2n) is 9.29. The van der Waals surface area contributed by atoms with Gasteiger partial charge in [0.05, 0.1) is 11.6 Å². The third-order valence-corrected chi connectivity index (χ3v) is 5.52. The summed E-state index contributed by atoms with van der Waals surface area (Å²) in [5.74, 6) is 0.973. The largest absolute Gasteiger partial charge is 0.457 e. The van der Waals surface area contributed by atoms with Gasteiger partial charge in [-0.1, -0.05) is 48.5 Å². The van der Waals surface area contributed by atoms with Gasteiger partial charge in [-0.15, -0.1) is 0 Å². The minimum atomic E-state index is -0.572. The van der Waals surface area contributed by atoms with E-state index in [0.717, 1.165) is 5.69 Å². The Morgan fingerprint density at radius 1 is 0.882 bits per heavy atom. The van der Waals surface area contributed by atoms with Crippen LogP contribution in [0.1, 0.15) is 37.6 Å². The lowest BCUT2D eigenvalue weighted by atomic mass is 10.1. The van der Waals surface area contributed by atoms with E-state index >= 15 is 0 Å². The highest BCUT2D eigenvalue weighted by Gasteiger charge is 2.36. The number of carbonyl (C=O) groups excluding carboxylic acids is 2. The van der Waals surface area contributed by atoms with Crippen molar-refractivity contribution in [3.05, 3.63) is 90.5 Å². The van der Waals surface area contributed by atoms with E-state index in [1.807, 2.05) is 93.6 Å². The van der Waals surface area contributed by atoms with Crippen LogP contribution in [0.2, 0.25) is 0 Å². The molecule has 0 spiro atoms. The van der Waals surface area contributed by atoms with Gasteiger partial charge in [-0.3, -0.25) is 4.79 Å². The van der Waals surface area contributed by atoms with Crippen LogP contribution in [0.15, 0.2) is 84.9 Å². The van der Waals surface area contributed by atoms with Crippen molar-refractivity contribution < 1.29 is 19.1 Å². The van der Waals surface area contributed by atoms with Crippen LogP contribution < -0.4 is 9.64 Å². The van der Waals surface area contributed by atoms with Gasteiger partial charge >= 0.3 is 6.09 Å². The van der Waals surface area contributed by atoms with E-state index in [9.17, 15) is 9.59 Å². The number of likely N-dealkylation sites (tertiary alicyclic amines) is 1. The molecule has 1 aliphatic rings. The Kier molecular flexibility index (Phi) is 6.87. The summed E-state index contributed by atoms with van der Waals surface area (Å²) >= 11 is 0. The number of benzene rings is 3. The first-order valence-corrected chi connectivity index (χ1v) is 11.5. The third-order valence-electron chi connectivity index (χ3n) is 5.52. The van der Waals surface area contributed by atoms with E-state index < -0.39 is 5.60 Å². The number of para-hydroxylation sites is 3. The highest BCUT2D eigenvalue weighted by Crippen LogP contribution is 2.31.